The normalized spacial score (nSPS) is 15.8. The van der Waals surface area contributed by atoms with Gasteiger partial charge in [-0.05, 0) is 32.9 Å². The van der Waals surface area contributed by atoms with Crippen LogP contribution in [-0.4, -0.2) is 52.9 Å². The van der Waals surface area contributed by atoms with E-state index >= 15 is 0 Å². The Morgan fingerprint density at radius 2 is 1.84 bits per heavy atom. The second-order valence-corrected chi connectivity index (χ2v) is 8.30. The van der Waals surface area contributed by atoms with Gasteiger partial charge in [-0.1, -0.05) is 29.3 Å². The van der Waals surface area contributed by atoms with Gasteiger partial charge in [0.1, 0.15) is 9.88 Å². The van der Waals surface area contributed by atoms with Gasteiger partial charge in [-0.15, -0.1) is 11.3 Å². The highest BCUT2D eigenvalue weighted by Gasteiger charge is 2.26. The maximum Gasteiger partial charge on any atom is 0.265 e. The number of carbonyl (C=O) groups is 1. The molecule has 2 heterocycles. The fraction of sp³-hybridized carbons (Fsp3) is 0.444. The first-order valence-corrected chi connectivity index (χ1v) is 9.90. The van der Waals surface area contributed by atoms with E-state index in [1.54, 1.807) is 12.1 Å². The largest absolute Gasteiger partial charge is 0.335 e. The fourth-order valence-corrected chi connectivity index (χ4v) is 4.26. The third-order valence-electron chi connectivity index (χ3n) is 4.49. The minimum atomic E-state index is 0.0738. The molecular weight excluding hydrogens is 377 g/mol. The molecule has 1 aliphatic heterocycles. The SMILES string of the molecule is Cc1nc(-c2ccc(Cl)c(Cl)c2)sc1C(=O)N1CCN(C(C)C)CC1. The molecule has 0 N–H and O–H groups in total. The summed E-state index contributed by atoms with van der Waals surface area (Å²) in [6.45, 7) is 9.62. The lowest BCUT2D eigenvalue weighted by molar-refractivity contribution is 0.0599. The molecule has 1 aromatic carbocycles. The van der Waals surface area contributed by atoms with Gasteiger partial charge in [0.05, 0.1) is 15.7 Å². The molecule has 0 unspecified atom stereocenters. The summed E-state index contributed by atoms with van der Waals surface area (Å²) in [6, 6.07) is 5.94. The van der Waals surface area contributed by atoms with Crippen molar-refractivity contribution in [3.05, 3.63) is 38.8 Å². The van der Waals surface area contributed by atoms with E-state index in [9.17, 15) is 4.79 Å². The summed E-state index contributed by atoms with van der Waals surface area (Å²) in [7, 11) is 0. The molecule has 1 aromatic heterocycles. The van der Waals surface area contributed by atoms with Crippen molar-refractivity contribution in [3.8, 4) is 10.6 Å². The number of aromatic nitrogens is 1. The van der Waals surface area contributed by atoms with Crippen molar-refractivity contribution in [2.75, 3.05) is 26.2 Å². The van der Waals surface area contributed by atoms with Gasteiger partial charge in [-0.2, -0.15) is 0 Å². The number of piperazine rings is 1. The van der Waals surface area contributed by atoms with Crippen LogP contribution in [0.3, 0.4) is 0 Å². The number of rotatable bonds is 3. The number of benzene rings is 1. The summed E-state index contributed by atoms with van der Waals surface area (Å²) in [5.41, 5.74) is 1.65. The molecule has 1 amide bonds. The van der Waals surface area contributed by atoms with E-state index in [0.29, 0.717) is 21.0 Å². The molecule has 0 saturated carbocycles. The maximum absolute atomic E-state index is 12.9. The van der Waals surface area contributed by atoms with Gasteiger partial charge < -0.3 is 4.90 Å². The fourth-order valence-electron chi connectivity index (χ4n) is 2.93. The lowest BCUT2D eigenvalue weighted by atomic mass is 10.2. The van der Waals surface area contributed by atoms with Crippen molar-refractivity contribution < 1.29 is 4.79 Å². The predicted molar refractivity (Wildman–Crippen MR) is 105 cm³/mol. The summed E-state index contributed by atoms with van der Waals surface area (Å²) in [6.07, 6.45) is 0. The van der Waals surface area contributed by atoms with Crippen LogP contribution >= 0.6 is 34.5 Å². The molecule has 0 atom stereocenters. The molecule has 3 rings (SSSR count). The van der Waals surface area contributed by atoms with E-state index in [4.69, 9.17) is 23.2 Å². The molecule has 1 fully saturated rings. The van der Waals surface area contributed by atoms with E-state index in [2.05, 4.69) is 23.7 Å². The topological polar surface area (TPSA) is 36.4 Å². The molecule has 0 spiro atoms. The maximum atomic E-state index is 12.9. The minimum Gasteiger partial charge on any atom is -0.335 e. The van der Waals surface area contributed by atoms with Crippen molar-refractivity contribution >= 4 is 40.4 Å². The monoisotopic (exact) mass is 397 g/mol. The van der Waals surface area contributed by atoms with Gasteiger partial charge in [-0.25, -0.2) is 4.98 Å². The van der Waals surface area contributed by atoms with Crippen molar-refractivity contribution in [1.29, 1.82) is 0 Å². The lowest BCUT2D eigenvalue weighted by Gasteiger charge is -2.36. The Hall–Kier alpha value is -1.14. The number of hydrogen-bond acceptors (Lipinski definition) is 4. The Balaban J connectivity index is 1.78. The molecule has 134 valence electrons. The standard InChI is InChI=1S/C18H21Cl2N3OS/c1-11(2)22-6-8-23(9-7-22)18(24)16-12(3)21-17(25-16)13-4-5-14(19)15(20)10-13/h4-5,10-11H,6-9H2,1-3H3. The Morgan fingerprint density at radius 1 is 1.16 bits per heavy atom. The van der Waals surface area contributed by atoms with Crippen LogP contribution in [0, 0.1) is 6.92 Å². The quantitative estimate of drug-likeness (QED) is 0.759. The van der Waals surface area contributed by atoms with Crippen LogP contribution < -0.4 is 0 Å². The van der Waals surface area contributed by atoms with Crippen molar-refractivity contribution in [1.82, 2.24) is 14.8 Å². The number of nitrogens with zero attached hydrogens (tertiary/aromatic N) is 3. The van der Waals surface area contributed by atoms with Gasteiger partial charge in [0.15, 0.2) is 0 Å². The Kier molecular flexibility index (Phi) is 5.68. The second-order valence-electron chi connectivity index (χ2n) is 6.48. The van der Waals surface area contributed by atoms with Crippen molar-refractivity contribution in [2.45, 2.75) is 26.8 Å². The summed E-state index contributed by atoms with van der Waals surface area (Å²) in [5.74, 6) is 0.0738. The van der Waals surface area contributed by atoms with Crippen molar-refractivity contribution in [2.24, 2.45) is 0 Å². The number of halogens is 2. The molecule has 7 heteroatoms. The zero-order chi connectivity index (χ0) is 18.1. The summed E-state index contributed by atoms with van der Waals surface area (Å²) in [5, 5.41) is 1.79. The molecule has 0 radical (unpaired) electrons. The smallest absolute Gasteiger partial charge is 0.265 e. The summed E-state index contributed by atoms with van der Waals surface area (Å²) < 4.78 is 0. The molecule has 2 aromatic rings. The molecule has 4 nitrogen and oxygen atoms in total. The van der Waals surface area contributed by atoms with Crippen LogP contribution in [0.5, 0.6) is 0 Å². The first-order valence-electron chi connectivity index (χ1n) is 8.33. The van der Waals surface area contributed by atoms with Crippen LogP contribution in [0.2, 0.25) is 10.0 Å². The molecule has 25 heavy (non-hydrogen) atoms. The van der Waals surface area contributed by atoms with E-state index in [-0.39, 0.29) is 5.91 Å². The highest BCUT2D eigenvalue weighted by Crippen LogP contribution is 2.33. The zero-order valence-electron chi connectivity index (χ0n) is 14.6. The predicted octanol–water partition coefficient (Wildman–Crippen LogP) is 4.59. The lowest BCUT2D eigenvalue weighted by Crippen LogP contribution is -2.50. The highest BCUT2D eigenvalue weighted by atomic mass is 35.5. The number of hydrogen-bond donors (Lipinski definition) is 0. The third-order valence-corrected chi connectivity index (χ3v) is 6.42. The van der Waals surface area contributed by atoms with Gasteiger partial charge >= 0.3 is 0 Å². The number of carbonyl (C=O) groups excluding carboxylic acids is 1. The Bertz CT molecular complexity index is 783. The number of aryl methyl sites for hydroxylation is 1. The summed E-state index contributed by atoms with van der Waals surface area (Å²) in [4.78, 5) is 22.5. The minimum absolute atomic E-state index is 0.0738. The van der Waals surface area contributed by atoms with Crippen LogP contribution in [-0.2, 0) is 0 Å². The first kappa shape index (κ1) is 18.6. The second kappa shape index (κ2) is 7.62. The Labute approximate surface area is 162 Å². The van der Waals surface area contributed by atoms with Crippen molar-refractivity contribution in [3.63, 3.8) is 0 Å². The van der Waals surface area contributed by atoms with Crippen LogP contribution in [0.4, 0.5) is 0 Å². The van der Waals surface area contributed by atoms with E-state index in [1.807, 2.05) is 17.9 Å². The summed E-state index contributed by atoms with van der Waals surface area (Å²) >= 11 is 13.5. The number of amides is 1. The van der Waals surface area contributed by atoms with Crippen LogP contribution in [0.1, 0.15) is 29.2 Å². The van der Waals surface area contributed by atoms with Gasteiger partial charge in [0.25, 0.3) is 5.91 Å². The molecule has 0 aliphatic carbocycles. The third kappa shape index (κ3) is 4.00. The van der Waals surface area contributed by atoms with Gasteiger partial charge in [-0.3, -0.25) is 9.69 Å². The zero-order valence-corrected chi connectivity index (χ0v) is 16.9. The molecule has 0 bridgehead atoms. The van der Waals surface area contributed by atoms with Gasteiger partial charge in [0.2, 0.25) is 0 Å². The average molecular weight is 398 g/mol. The molecule has 1 aliphatic rings. The van der Waals surface area contributed by atoms with Gasteiger partial charge in [0, 0.05) is 37.8 Å². The highest BCUT2D eigenvalue weighted by molar-refractivity contribution is 7.17. The van der Waals surface area contributed by atoms with E-state index < -0.39 is 0 Å². The number of thiazole rings is 1. The van der Waals surface area contributed by atoms with E-state index in [1.165, 1.54) is 11.3 Å². The molecule has 1 saturated heterocycles. The molecular formula is C18H21Cl2N3OS. The average Bonchev–Trinajstić information content (AvgIpc) is 2.98. The van der Waals surface area contributed by atoms with Crippen LogP contribution in [0.15, 0.2) is 18.2 Å². The first-order chi connectivity index (χ1) is 11.9. The van der Waals surface area contributed by atoms with Crippen LogP contribution in [0.25, 0.3) is 10.6 Å². The Morgan fingerprint density at radius 3 is 2.44 bits per heavy atom. The van der Waals surface area contributed by atoms with E-state index in [0.717, 1.165) is 42.4 Å².